The molecule has 8 heteroatoms. The number of aromatic nitrogens is 1. The van der Waals surface area contributed by atoms with Gasteiger partial charge in [0.25, 0.3) is 11.8 Å². The molecule has 3 atom stereocenters. The van der Waals surface area contributed by atoms with Crippen LogP contribution < -0.4 is 5.32 Å². The molecule has 4 rings (SSSR count). The Hall–Kier alpha value is -2.90. The maximum Gasteiger partial charge on any atom is 0.416 e. The first-order valence-corrected chi connectivity index (χ1v) is 9.02. The fourth-order valence-electron chi connectivity index (χ4n) is 4.10. The largest absolute Gasteiger partial charge is 0.416 e. The molecule has 2 aliphatic rings. The van der Waals surface area contributed by atoms with Crippen LogP contribution in [0.15, 0.2) is 48.8 Å². The Morgan fingerprint density at radius 2 is 1.82 bits per heavy atom. The summed E-state index contributed by atoms with van der Waals surface area (Å²) in [6, 6.07) is 7.65. The molecule has 0 spiro atoms. The zero-order chi connectivity index (χ0) is 19.9. The molecule has 0 radical (unpaired) electrons. The number of benzene rings is 1. The Morgan fingerprint density at radius 1 is 1.07 bits per heavy atom. The number of hydrogen-bond donors (Lipinski definition) is 1. The molecule has 2 amide bonds. The van der Waals surface area contributed by atoms with E-state index in [0.717, 1.165) is 18.6 Å². The van der Waals surface area contributed by atoms with Crippen molar-refractivity contribution in [1.29, 1.82) is 0 Å². The third-order valence-corrected chi connectivity index (χ3v) is 5.50. The predicted molar refractivity (Wildman–Crippen MR) is 94.5 cm³/mol. The van der Waals surface area contributed by atoms with E-state index in [-0.39, 0.29) is 35.4 Å². The maximum atomic E-state index is 12.7. The van der Waals surface area contributed by atoms with Gasteiger partial charge in [0.05, 0.1) is 11.1 Å². The average molecular weight is 389 g/mol. The zero-order valence-electron chi connectivity index (χ0n) is 14.8. The number of carbonyl (C=O) groups excluding carboxylic acids is 2. The molecule has 2 aromatic rings. The van der Waals surface area contributed by atoms with Gasteiger partial charge in [0.2, 0.25) is 0 Å². The molecule has 28 heavy (non-hydrogen) atoms. The molecule has 1 saturated heterocycles. The van der Waals surface area contributed by atoms with Crippen molar-refractivity contribution in [1.82, 2.24) is 15.2 Å². The van der Waals surface area contributed by atoms with Crippen molar-refractivity contribution in [2.45, 2.75) is 31.1 Å². The summed E-state index contributed by atoms with van der Waals surface area (Å²) in [5, 5.41) is 3.01. The number of fused-ring (bicyclic) bond motifs is 2. The number of halogens is 3. The number of pyridine rings is 1. The highest BCUT2D eigenvalue weighted by atomic mass is 19.4. The van der Waals surface area contributed by atoms with Crippen molar-refractivity contribution in [3.05, 3.63) is 65.5 Å². The second kappa shape index (κ2) is 6.92. The summed E-state index contributed by atoms with van der Waals surface area (Å²) < 4.78 is 38.0. The fourth-order valence-corrected chi connectivity index (χ4v) is 4.10. The zero-order valence-corrected chi connectivity index (χ0v) is 14.8. The van der Waals surface area contributed by atoms with E-state index in [1.165, 1.54) is 18.3 Å². The monoisotopic (exact) mass is 389 g/mol. The lowest BCUT2D eigenvalue weighted by Crippen LogP contribution is -2.47. The minimum atomic E-state index is -4.42. The molecular formula is C20H18F3N3O2. The van der Waals surface area contributed by atoms with E-state index in [0.29, 0.717) is 18.5 Å². The summed E-state index contributed by atoms with van der Waals surface area (Å²) >= 11 is 0. The van der Waals surface area contributed by atoms with Crippen LogP contribution in [-0.2, 0) is 6.18 Å². The standard InChI is InChI=1S/C20H18F3N3O2/c21-20(22,23)15-5-3-12(4-6-15)19(28)26-11-14-8-16(26)9-17(14)25-18(27)13-2-1-7-24-10-13/h1-7,10,14,16-17H,8-9,11H2,(H,25,27)/t14-,16-,17-/m0/s1. The van der Waals surface area contributed by atoms with Crippen LogP contribution in [0.3, 0.4) is 0 Å². The molecule has 0 unspecified atom stereocenters. The Balaban J connectivity index is 1.39. The van der Waals surface area contributed by atoms with Gasteiger partial charge in [-0.2, -0.15) is 13.2 Å². The van der Waals surface area contributed by atoms with E-state index in [9.17, 15) is 22.8 Å². The Morgan fingerprint density at radius 3 is 2.39 bits per heavy atom. The maximum absolute atomic E-state index is 12.7. The minimum absolute atomic E-state index is 0.0148. The summed E-state index contributed by atoms with van der Waals surface area (Å²) in [7, 11) is 0. The number of amides is 2. The number of likely N-dealkylation sites (tertiary alicyclic amines) is 1. The van der Waals surface area contributed by atoms with Gasteiger partial charge < -0.3 is 10.2 Å². The molecule has 1 N–H and O–H groups in total. The van der Waals surface area contributed by atoms with E-state index in [1.807, 2.05) is 0 Å². The molecular weight excluding hydrogens is 371 g/mol. The number of hydrogen-bond acceptors (Lipinski definition) is 3. The van der Waals surface area contributed by atoms with Gasteiger partial charge in [-0.05, 0) is 55.2 Å². The van der Waals surface area contributed by atoms with E-state index in [2.05, 4.69) is 10.3 Å². The average Bonchev–Trinajstić information content (AvgIpc) is 3.28. The van der Waals surface area contributed by atoms with Crippen LogP contribution in [0.2, 0.25) is 0 Å². The van der Waals surface area contributed by atoms with Gasteiger partial charge in [-0.15, -0.1) is 0 Å². The van der Waals surface area contributed by atoms with Gasteiger partial charge in [-0.25, -0.2) is 0 Å². The van der Waals surface area contributed by atoms with Crippen molar-refractivity contribution >= 4 is 11.8 Å². The van der Waals surface area contributed by atoms with Crippen LogP contribution in [0.1, 0.15) is 39.1 Å². The van der Waals surface area contributed by atoms with Gasteiger partial charge in [0.15, 0.2) is 0 Å². The molecule has 1 aliphatic carbocycles. The van der Waals surface area contributed by atoms with E-state index >= 15 is 0 Å². The van der Waals surface area contributed by atoms with Crippen molar-refractivity contribution in [3.63, 3.8) is 0 Å². The van der Waals surface area contributed by atoms with Crippen LogP contribution >= 0.6 is 0 Å². The summed E-state index contributed by atoms with van der Waals surface area (Å²) in [5.41, 5.74) is -0.0374. The first-order chi connectivity index (χ1) is 13.3. The quantitative estimate of drug-likeness (QED) is 0.877. The first-order valence-electron chi connectivity index (χ1n) is 9.02. The smallest absolute Gasteiger partial charge is 0.349 e. The first kappa shape index (κ1) is 18.5. The predicted octanol–water partition coefficient (Wildman–Crippen LogP) is 3.13. The number of alkyl halides is 3. The van der Waals surface area contributed by atoms with Gasteiger partial charge in [-0.3, -0.25) is 14.6 Å². The molecule has 2 bridgehead atoms. The number of nitrogens with zero attached hydrogens (tertiary/aromatic N) is 2. The number of nitrogens with one attached hydrogen (secondary N) is 1. The van der Waals surface area contributed by atoms with Crippen LogP contribution in [0.25, 0.3) is 0 Å². The normalized spacial score (nSPS) is 23.7. The van der Waals surface area contributed by atoms with Crippen LogP contribution in [0.5, 0.6) is 0 Å². The van der Waals surface area contributed by atoms with Crippen molar-refractivity contribution in [2.75, 3.05) is 6.54 Å². The molecule has 1 saturated carbocycles. The molecule has 1 aliphatic heterocycles. The van der Waals surface area contributed by atoms with E-state index < -0.39 is 11.7 Å². The molecule has 1 aromatic carbocycles. The van der Waals surface area contributed by atoms with Crippen molar-refractivity contribution in [2.24, 2.45) is 5.92 Å². The number of piperidine rings is 1. The lowest BCUT2D eigenvalue weighted by molar-refractivity contribution is -0.137. The lowest BCUT2D eigenvalue weighted by atomic mass is 10.0. The topological polar surface area (TPSA) is 62.3 Å². The van der Waals surface area contributed by atoms with Crippen molar-refractivity contribution in [3.8, 4) is 0 Å². The summed E-state index contributed by atoms with van der Waals surface area (Å²) in [4.78, 5) is 30.6. The third-order valence-electron chi connectivity index (χ3n) is 5.50. The second-order valence-corrected chi connectivity index (χ2v) is 7.24. The molecule has 2 heterocycles. The SMILES string of the molecule is O=C(N[C@H]1C[C@@H]2C[C@H]1CN2C(=O)c1ccc(C(F)(F)F)cc1)c1cccnc1. The summed E-state index contributed by atoms with van der Waals surface area (Å²) in [5.74, 6) is -0.312. The van der Waals surface area contributed by atoms with Crippen LogP contribution in [-0.4, -0.2) is 40.3 Å². The Labute approximate surface area is 159 Å². The lowest BCUT2D eigenvalue weighted by Gasteiger charge is -2.32. The van der Waals surface area contributed by atoms with Gasteiger partial charge >= 0.3 is 6.18 Å². The highest BCUT2D eigenvalue weighted by Gasteiger charge is 2.47. The summed E-state index contributed by atoms with van der Waals surface area (Å²) in [6.07, 6.45) is 0.101. The van der Waals surface area contributed by atoms with E-state index in [4.69, 9.17) is 0 Å². The van der Waals surface area contributed by atoms with Gasteiger partial charge in [0, 0.05) is 36.6 Å². The second-order valence-electron chi connectivity index (χ2n) is 7.24. The third kappa shape index (κ3) is 3.46. The molecule has 5 nitrogen and oxygen atoms in total. The molecule has 1 aromatic heterocycles. The van der Waals surface area contributed by atoms with Crippen molar-refractivity contribution < 1.29 is 22.8 Å². The Bertz CT molecular complexity index is 884. The Kier molecular flexibility index (Phi) is 4.56. The molecule has 146 valence electrons. The van der Waals surface area contributed by atoms with Crippen LogP contribution in [0, 0.1) is 5.92 Å². The summed E-state index contributed by atoms with van der Waals surface area (Å²) in [6.45, 7) is 0.489. The highest BCUT2D eigenvalue weighted by molar-refractivity contribution is 5.95. The van der Waals surface area contributed by atoms with Crippen LogP contribution in [0.4, 0.5) is 13.2 Å². The van der Waals surface area contributed by atoms with Gasteiger partial charge in [0.1, 0.15) is 0 Å². The van der Waals surface area contributed by atoms with E-state index in [1.54, 1.807) is 23.2 Å². The fraction of sp³-hybridized carbons (Fsp3) is 0.350. The number of carbonyl (C=O) groups is 2. The minimum Gasteiger partial charge on any atom is -0.349 e. The molecule has 2 fully saturated rings. The van der Waals surface area contributed by atoms with Gasteiger partial charge in [-0.1, -0.05) is 0 Å². The highest BCUT2D eigenvalue weighted by Crippen LogP contribution is 2.39. The number of rotatable bonds is 3.